The van der Waals surface area contributed by atoms with Crippen LogP contribution in [0.25, 0.3) is 0 Å². The molecule has 2 aliphatic heterocycles. The summed E-state index contributed by atoms with van der Waals surface area (Å²) in [6.45, 7) is 8.78. The first-order valence-corrected chi connectivity index (χ1v) is 8.17. The van der Waals surface area contributed by atoms with Crippen molar-refractivity contribution in [1.29, 1.82) is 0 Å². The summed E-state index contributed by atoms with van der Waals surface area (Å²) in [5, 5.41) is 2.99. The maximum atomic E-state index is 12.1. The summed E-state index contributed by atoms with van der Waals surface area (Å²) in [7, 11) is 0. The number of nitrogens with one attached hydrogen (secondary N) is 2. The van der Waals surface area contributed by atoms with Crippen molar-refractivity contribution in [3.05, 3.63) is 0 Å². The Balaban J connectivity index is 1.65. The second-order valence-electron chi connectivity index (χ2n) is 6.00. The maximum absolute atomic E-state index is 12.1. The molecule has 2 fully saturated rings. The molecule has 0 radical (unpaired) electrons. The quantitative estimate of drug-likeness (QED) is 0.612. The molecule has 6 heteroatoms. The molecular weight excluding hydrogens is 270 g/mol. The summed E-state index contributed by atoms with van der Waals surface area (Å²) in [6, 6.07) is 0. The molecule has 21 heavy (non-hydrogen) atoms. The summed E-state index contributed by atoms with van der Waals surface area (Å²) in [4.78, 5) is 27.3. The number of morpholine rings is 1. The molecule has 2 saturated heterocycles. The van der Waals surface area contributed by atoms with Crippen LogP contribution in [0.4, 0.5) is 0 Å². The first-order valence-electron chi connectivity index (χ1n) is 8.17. The number of carbonyl (C=O) groups is 2. The van der Waals surface area contributed by atoms with Crippen LogP contribution in [0.5, 0.6) is 0 Å². The highest BCUT2D eigenvalue weighted by molar-refractivity contribution is 5.89. The Bertz CT molecular complexity index is 356. The lowest BCUT2D eigenvalue weighted by Gasteiger charge is -2.24. The van der Waals surface area contributed by atoms with Crippen molar-refractivity contribution in [2.75, 3.05) is 52.5 Å². The van der Waals surface area contributed by atoms with Crippen molar-refractivity contribution in [3.63, 3.8) is 0 Å². The van der Waals surface area contributed by atoms with Gasteiger partial charge in [-0.25, -0.2) is 0 Å². The van der Waals surface area contributed by atoms with Gasteiger partial charge in [0.1, 0.15) is 13.1 Å². The highest BCUT2D eigenvalue weighted by Crippen LogP contribution is 2.18. The molecule has 0 spiro atoms. The lowest BCUT2D eigenvalue weighted by molar-refractivity contribution is -0.906. The van der Waals surface area contributed by atoms with Crippen LogP contribution in [-0.4, -0.2) is 69.2 Å². The molecule has 0 aromatic heterocycles. The Kier molecular flexibility index (Phi) is 6.45. The number of amides is 2. The number of ether oxygens (including phenoxy) is 1. The number of nitrogens with zero attached hydrogens (tertiary/aromatic N) is 1. The fourth-order valence-electron chi connectivity index (χ4n) is 2.93. The topological polar surface area (TPSA) is 63.1 Å². The minimum Gasteiger partial charge on any atom is -0.370 e. The second kappa shape index (κ2) is 8.34. The lowest BCUT2D eigenvalue weighted by Crippen LogP contribution is -3.14. The van der Waals surface area contributed by atoms with Gasteiger partial charge in [0.15, 0.2) is 0 Å². The van der Waals surface area contributed by atoms with Crippen molar-refractivity contribution in [2.24, 2.45) is 5.92 Å². The largest absolute Gasteiger partial charge is 0.370 e. The van der Waals surface area contributed by atoms with Gasteiger partial charge in [0.25, 0.3) is 0 Å². The van der Waals surface area contributed by atoms with Gasteiger partial charge in [-0.05, 0) is 6.42 Å². The molecule has 0 aromatic rings. The molecule has 2 amide bonds. The normalized spacial score (nSPS) is 23.6. The third-order valence-corrected chi connectivity index (χ3v) is 4.34. The predicted octanol–water partition coefficient (Wildman–Crippen LogP) is -1.33. The van der Waals surface area contributed by atoms with Crippen LogP contribution in [0.1, 0.15) is 26.2 Å². The van der Waals surface area contributed by atoms with E-state index in [0.717, 1.165) is 52.2 Å². The van der Waals surface area contributed by atoms with E-state index >= 15 is 0 Å². The fraction of sp³-hybridized carbons (Fsp3) is 0.867. The molecule has 1 atom stereocenters. The molecule has 2 N–H and O–H groups in total. The summed E-state index contributed by atoms with van der Waals surface area (Å²) in [5.74, 6) is 0.00598. The minimum atomic E-state index is -0.158. The van der Waals surface area contributed by atoms with Gasteiger partial charge in [0.05, 0.1) is 32.2 Å². The Hall–Kier alpha value is -1.14. The smallest absolute Gasteiger partial charge is 0.225 e. The summed E-state index contributed by atoms with van der Waals surface area (Å²) >= 11 is 0. The molecular formula is C15H28N3O3+. The Morgan fingerprint density at radius 2 is 2.19 bits per heavy atom. The molecule has 0 aromatic carbocycles. The van der Waals surface area contributed by atoms with Crippen molar-refractivity contribution in [3.8, 4) is 0 Å². The Morgan fingerprint density at radius 1 is 1.43 bits per heavy atom. The zero-order chi connectivity index (χ0) is 15.1. The molecule has 2 heterocycles. The molecule has 2 aliphatic rings. The van der Waals surface area contributed by atoms with E-state index in [0.29, 0.717) is 19.5 Å². The van der Waals surface area contributed by atoms with E-state index in [1.807, 2.05) is 4.90 Å². The van der Waals surface area contributed by atoms with E-state index in [1.54, 1.807) is 0 Å². The lowest BCUT2D eigenvalue weighted by atomic mass is 10.1. The Labute approximate surface area is 126 Å². The highest BCUT2D eigenvalue weighted by Gasteiger charge is 2.33. The number of hydrogen-bond acceptors (Lipinski definition) is 3. The summed E-state index contributed by atoms with van der Waals surface area (Å²) in [6.07, 6.45) is 2.46. The fourth-order valence-corrected chi connectivity index (χ4v) is 2.93. The van der Waals surface area contributed by atoms with Crippen LogP contribution in [0.2, 0.25) is 0 Å². The molecule has 0 bridgehead atoms. The standard InChI is InChI=1S/C15H27N3O3/c1-2-3-5-18-12-13(11-14(18)19)15(20)16-4-6-17-7-9-21-10-8-17/h13H,2-12H2,1H3,(H,16,20)/p+1/t13-/m0/s1. The van der Waals surface area contributed by atoms with Crippen LogP contribution in [0.15, 0.2) is 0 Å². The zero-order valence-corrected chi connectivity index (χ0v) is 13.0. The van der Waals surface area contributed by atoms with Crippen molar-refractivity contribution >= 4 is 11.8 Å². The monoisotopic (exact) mass is 298 g/mol. The van der Waals surface area contributed by atoms with E-state index < -0.39 is 0 Å². The second-order valence-corrected chi connectivity index (χ2v) is 6.00. The van der Waals surface area contributed by atoms with Gasteiger partial charge < -0.3 is 19.9 Å². The molecule has 0 aliphatic carbocycles. The molecule has 0 unspecified atom stereocenters. The minimum absolute atomic E-state index is 0.0370. The van der Waals surface area contributed by atoms with Gasteiger partial charge in [-0.1, -0.05) is 13.3 Å². The summed E-state index contributed by atoms with van der Waals surface area (Å²) < 4.78 is 5.31. The van der Waals surface area contributed by atoms with Gasteiger partial charge in [-0.2, -0.15) is 0 Å². The van der Waals surface area contributed by atoms with Crippen LogP contribution in [0.3, 0.4) is 0 Å². The number of unbranched alkanes of at least 4 members (excludes halogenated alkanes) is 1. The number of hydrogen-bond donors (Lipinski definition) is 2. The molecule has 2 rings (SSSR count). The van der Waals surface area contributed by atoms with Gasteiger partial charge >= 0.3 is 0 Å². The van der Waals surface area contributed by atoms with Crippen LogP contribution >= 0.6 is 0 Å². The molecule has 0 saturated carbocycles. The van der Waals surface area contributed by atoms with Gasteiger partial charge in [0, 0.05) is 19.5 Å². The van der Waals surface area contributed by atoms with E-state index in [2.05, 4.69) is 12.2 Å². The van der Waals surface area contributed by atoms with E-state index in [9.17, 15) is 9.59 Å². The van der Waals surface area contributed by atoms with Crippen LogP contribution in [0, 0.1) is 5.92 Å². The van der Waals surface area contributed by atoms with E-state index in [1.165, 1.54) is 4.90 Å². The number of carbonyl (C=O) groups excluding carboxylic acids is 2. The zero-order valence-electron chi connectivity index (χ0n) is 13.0. The van der Waals surface area contributed by atoms with Crippen LogP contribution < -0.4 is 10.2 Å². The number of rotatable bonds is 7. The van der Waals surface area contributed by atoms with Crippen molar-refractivity contribution in [1.82, 2.24) is 10.2 Å². The first kappa shape index (κ1) is 16.2. The van der Waals surface area contributed by atoms with E-state index in [-0.39, 0.29) is 17.7 Å². The predicted molar refractivity (Wildman–Crippen MR) is 79.0 cm³/mol. The van der Waals surface area contributed by atoms with Crippen molar-refractivity contribution in [2.45, 2.75) is 26.2 Å². The highest BCUT2D eigenvalue weighted by atomic mass is 16.5. The van der Waals surface area contributed by atoms with Gasteiger partial charge in [-0.15, -0.1) is 0 Å². The van der Waals surface area contributed by atoms with Crippen molar-refractivity contribution < 1.29 is 19.2 Å². The van der Waals surface area contributed by atoms with Crippen LogP contribution in [-0.2, 0) is 14.3 Å². The van der Waals surface area contributed by atoms with Gasteiger partial charge in [0.2, 0.25) is 11.8 Å². The molecule has 120 valence electrons. The third-order valence-electron chi connectivity index (χ3n) is 4.34. The Morgan fingerprint density at radius 3 is 2.90 bits per heavy atom. The average molecular weight is 298 g/mol. The maximum Gasteiger partial charge on any atom is 0.225 e. The summed E-state index contributed by atoms with van der Waals surface area (Å²) in [5.41, 5.74) is 0. The van der Waals surface area contributed by atoms with Gasteiger partial charge in [-0.3, -0.25) is 9.59 Å². The third kappa shape index (κ3) is 4.97. The average Bonchev–Trinajstić information content (AvgIpc) is 2.87. The SMILES string of the molecule is CCCCN1C[C@@H](C(=O)NCC[NH+]2CCOCC2)CC1=O. The molecule has 6 nitrogen and oxygen atoms in total. The number of quaternary nitrogens is 1. The van der Waals surface area contributed by atoms with E-state index in [4.69, 9.17) is 4.74 Å². The first-order chi connectivity index (χ1) is 10.2. The number of likely N-dealkylation sites (tertiary alicyclic amines) is 1.